The van der Waals surface area contributed by atoms with Crippen molar-refractivity contribution < 1.29 is 4.79 Å². The molecule has 1 unspecified atom stereocenters. The lowest BCUT2D eigenvalue weighted by atomic mass is 10.1. The van der Waals surface area contributed by atoms with E-state index in [1.807, 2.05) is 6.42 Å². The van der Waals surface area contributed by atoms with E-state index < -0.39 is 0 Å². The third-order valence-corrected chi connectivity index (χ3v) is 1.52. The van der Waals surface area contributed by atoms with Crippen molar-refractivity contribution in [3.05, 3.63) is 6.42 Å². The first-order valence-corrected chi connectivity index (χ1v) is 3.04. The second-order valence-corrected chi connectivity index (χ2v) is 2.35. The quantitative estimate of drug-likeness (QED) is 0.471. The number of piperidine rings is 1. The van der Waals surface area contributed by atoms with Crippen molar-refractivity contribution in [1.82, 2.24) is 4.90 Å². The Kier molecular flexibility index (Phi) is 1.71. The average molecular weight is 127 g/mol. The van der Waals surface area contributed by atoms with Gasteiger partial charge in [-0.25, -0.2) is 0 Å². The number of nitrogens with zero attached hydrogens (tertiary/aromatic N) is 1. The number of nitrogens with two attached hydrogens (primary N) is 1. The Labute approximate surface area is 54.8 Å². The maximum atomic E-state index is 10.9. The van der Waals surface area contributed by atoms with Crippen LogP contribution in [0.1, 0.15) is 6.42 Å². The summed E-state index contributed by atoms with van der Waals surface area (Å²) < 4.78 is 0. The van der Waals surface area contributed by atoms with E-state index in [2.05, 4.69) is 0 Å². The van der Waals surface area contributed by atoms with Crippen LogP contribution in [-0.4, -0.2) is 30.4 Å². The Morgan fingerprint density at radius 3 is 3.00 bits per heavy atom. The van der Waals surface area contributed by atoms with Crippen molar-refractivity contribution in [3.8, 4) is 0 Å². The van der Waals surface area contributed by atoms with Crippen molar-refractivity contribution in [2.45, 2.75) is 12.5 Å². The highest BCUT2D eigenvalue weighted by atomic mass is 16.2. The molecule has 1 rings (SSSR count). The van der Waals surface area contributed by atoms with Gasteiger partial charge in [-0.15, -0.1) is 0 Å². The van der Waals surface area contributed by atoms with E-state index >= 15 is 0 Å². The first-order valence-electron chi connectivity index (χ1n) is 3.04. The van der Waals surface area contributed by atoms with Crippen LogP contribution in [0.3, 0.4) is 0 Å². The SMILES string of the molecule is CN1C[CH]CC(N)C1=O. The molecular formula is C6H11N2O. The Balaban J connectivity index is 2.52. The first kappa shape index (κ1) is 6.55. The maximum Gasteiger partial charge on any atom is 0.239 e. The summed E-state index contributed by atoms with van der Waals surface area (Å²) in [6.07, 6.45) is 2.75. The number of hydrogen-bond donors (Lipinski definition) is 1. The zero-order valence-corrected chi connectivity index (χ0v) is 5.50. The fraction of sp³-hybridized carbons (Fsp3) is 0.667. The minimum atomic E-state index is -0.288. The molecule has 0 saturated carbocycles. The van der Waals surface area contributed by atoms with E-state index in [0.29, 0.717) is 0 Å². The van der Waals surface area contributed by atoms with Gasteiger partial charge in [-0.3, -0.25) is 4.79 Å². The molecule has 0 bridgehead atoms. The molecule has 0 spiro atoms. The predicted octanol–water partition coefficient (Wildman–Crippen LogP) is -0.620. The predicted molar refractivity (Wildman–Crippen MR) is 34.5 cm³/mol. The minimum Gasteiger partial charge on any atom is -0.344 e. The van der Waals surface area contributed by atoms with Gasteiger partial charge in [0.15, 0.2) is 0 Å². The number of rotatable bonds is 0. The van der Waals surface area contributed by atoms with Crippen molar-refractivity contribution in [2.24, 2.45) is 5.73 Å². The molecule has 0 aromatic carbocycles. The van der Waals surface area contributed by atoms with E-state index in [-0.39, 0.29) is 11.9 Å². The van der Waals surface area contributed by atoms with Gasteiger partial charge >= 0.3 is 0 Å². The molecule has 0 aliphatic carbocycles. The summed E-state index contributed by atoms with van der Waals surface area (Å²) in [4.78, 5) is 12.5. The van der Waals surface area contributed by atoms with Gasteiger partial charge in [0.2, 0.25) is 5.91 Å². The number of hydrogen-bond acceptors (Lipinski definition) is 2. The summed E-state index contributed by atoms with van der Waals surface area (Å²) in [5.74, 6) is 0.0532. The molecule has 1 atom stereocenters. The van der Waals surface area contributed by atoms with Crippen LogP contribution in [0, 0.1) is 6.42 Å². The fourth-order valence-corrected chi connectivity index (χ4v) is 0.922. The molecule has 0 aromatic rings. The van der Waals surface area contributed by atoms with E-state index in [4.69, 9.17) is 5.73 Å². The molecule has 1 aliphatic heterocycles. The number of likely N-dealkylation sites (N-methyl/N-ethyl adjacent to an activating group) is 1. The van der Waals surface area contributed by atoms with Gasteiger partial charge in [0.05, 0.1) is 6.04 Å². The zero-order valence-electron chi connectivity index (χ0n) is 5.50. The first-order chi connectivity index (χ1) is 4.22. The normalized spacial score (nSPS) is 28.9. The Hall–Kier alpha value is -0.570. The van der Waals surface area contributed by atoms with Gasteiger partial charge in [-0.2, -0.15) is 0 Å². The van der Waals surface area contributed by atoms with Crippen molar-refractivity contribution in [1.29, 1.82) is 0 Å². The highest BCUT2D eigenvalue weighted by Crippen LogP contribution is 2.05. The summed E-state index contributed by atoms with van der Waals surface area (Å²) in [7, 11) is 1.76. The lowest BCUT2D eigenvalue weighted by Gasteiger charge is -2.26. The number of likely N-dealkylation sites (tertiary alicyclic amines) is 1. The summed E-state index contributed by atoms with van der Waals surface area (Å²) in [5, 5.41) is 0. The number of carbonyl (C=O) groups excluding carboxylic acids is 1. The van der Waals surface area contributed by atoms with Gasteiger partial charge in [0, 0.05) is 13.6 Å². The monoisotopic (exact) mass is 127 g/mol. The van der Waals surface area contributed by atoms with Crippen LogP contribution in [0.4, 0.5) is 0 Å². The standard InChI is InChI=1S/C6H11N2O/c1-8-4-2-3-5(7)6(8)9/h2,5H,3-4,7H2,1H3. The summed E-state index contributed by atoms with van der Waals surface area (Å²) >= 11 is 0. The molecule has 51 valence electrons. The molecule has 1 fully saturated rings. The van der Waals surface area contributed by atoms with Crippen LogP contribution >= 0.6 is 0 Å². The van der Waals surface area contributed by atoms with Crippen LogP contribution in [0.25, 0.3) is 0 Å². The smallest absolute Gasteiger partial charge is 0.239 e. The average Bonchev–Trinajstić information content (AvgIpc) is 1.83. The Bertz CT molecular complexity index is 112. The highest BCUT2D eigenvalue weighted by Gasteiger charge is 2.21. The van der Waals surface area contributed by atoms with Gasteiger partial charge in [-0.1, -0.05) is 0 Å². The van der Waals surface area contributed by atoms with Crippen LogP contribution in [-0.2, 0) is 4.79 Å². The van der Waals surface area contributed by atoms with E-state index in [1.165, 1.54) is 0 Å². The molecule has 2 N–H and O–H groups in total. The third-order valence-electron chi connectivity index (χ3n) is 1.52. The van der Waals surface area contributed by atoms with Gasteiger partial charge in [0.25, 0.3) is 0 Å². The van der Waals surface area contributed by atoms with Gasteiger partial charge in [-0.05, 0) is 12.8 Å². The molecule has 3 nitrogen and oxygen atoms in total. The third kappa shape index (κ3) is 1.21. The molecule has 3 heteroatoms. The largest absolute Gasteiger partial charge is 0.344 e. The Morgan fingerprint density at radius 1 is 1.89 bits per heavy atom. The topological polar surface area (TPSA) is 46.3 Å². The van der Waals surface area contributed by atoms with E-state index in [9.17, 15) is 4.79 Å². The number of carbonyl (C=O) groups is 1. The molecule has 0 aromatic heterocycles. The zero-order chi connectivity index (χ0) is 6.85. The van der Waals surface area contributed by atoms with Crippen molar-refractivity contribution in [3.63, 3.8) is 0 Å². The van der Waals surface area contributed by atoms with Crippen molar-refractivity contribution >= 4 is 5.91 Å². The van der Waals surface area contributed by atoms with Crippen LogP contribution in [0.15, 0.2) is 0 Å². The van der Waals surface area contributed by atoms with E-state index in [0.717, 1.165) is 13.0 Å². The molecule has 1 aliphatic rings. The summed E-state index contributed by atoms with van der Waals surface area (Å²) in [6, 6.07) is -0.288. The van der Waals surface area contributed by atoms with Crippen molar-refractivity contribution in [2.75, 3.05) is 13.6 Å². The summed E-state index contributed by atoms with van der Waals surface area (Å²) in [5.41, 5.74) is 5.45. The lowest BCUT2D eigenvalue weighted by molar-refractivity contribution is -0.132. The molecule has 1 amide bonds. The fourth-order valence-electron chi connectivity index (χ4n) is 0.922. The minimum absolute atomic E-state index is 0.0532. The lowest BCUT2D eigenvalue weighted by Crippen LogP contribution is -2.46. The van der Waals surface area contributed by atoms with E-state index in [1.54, 1.807) is 11.9 Å². The van der Waals surface area contributed by atoms with Crippen LogP contribution in [0.5, 0.6) is 0 Å². The summed E-state index contributed by atoms with van der Waals surface area (Å²) in [6.45, 7) is 0.743. The molecular weight excluding hydrogens is 116 g/mol. The second kappa shape index (κ2) is 2.35. The molecule has 1 radical (unpaired) electrons. The van der Waals surface area contributed by atoms with Gasteiger partial charge in [0.1, 0.15) is 0 Å². The van der Waals surface area contributed by atoms with Crippen LogP contribution in [0.2, 0.25) is 0 Å². The molecule has 1 heterocycles. The van der Waals surface area contributed by atoms with Crippen LogP contribution < -0.4 is 5.73 Å². The molecule has 1 saturated heterocycles. The molecule has 9 heavy (non-hydrogen) atoms. The van der Waals surface area contributed by atoms with Gasteiger partial charge < -0.3 is 10.6 Å². The number of amides is 1. The maximum absolute atomic E-state index is 10.9. The highest BCUT2D eigenvalue weighted by molar-refractivity contribution is 5.82. The Morgan fingerprint density at radius 2 is 2.56 bits per heavy atom. The second-order valence-electron chi connectivity index (χ2n) is 2.35.